The smallest absolute Gasteiger partial charge is 0.423 e. The molecule has 9 heteroatoms. The summed E-state index contributed by atoms with van der Waals surface area (Å²) < 4.78 is 74.2. The molecule has 4 nitrogen and oxygen atoms in total. The van der Waals surface area contributed by atoms with Crippen molar-refractivity contribution in [2.45, 2.75) is 38.2 Å². The average molecular weight is 338 g/mol. The number of carbonyl (C=O) groups excluding carboxylic acids is 2. The van der Waals surface area contributed by atoms with Crippen LogP contribution in [-0.2, 0) is 14.3 Å². The highest BCUT2D eigenvalue weighted by Crippen LogP contribution is 2.29. The van der Waals surface area contributed by atoms with Crippen molar-refractivity contribution in [2.75, 3.05) is 0 Å². The van der Waals surface area contributed by atoms with Crippen LogP contribution in [0.15, 0.2) is 0 Å². The lowest BCUT2D eigenvalue weighted by molar-refractivity contribution is -0.167. The summed E-state index contributed by atoms with van der Waals surface area (Å²) in [5, 5.41) is 0. The lowest BCUT2D eigenvalue weighted by Gasteiger charge is -2.21. The standard InChI is InChI=1S/C14H11F5O4/c15-7-8(16)10(18)12(11(19)9(7)17)23-14(21)13(20)22-6-4-2-1-3-5-6/h6H,1-5H2. The minimum Gasteiger partial charge on any atom is -0.454 e. The largest absolute Gasteiger partial charge is 0.454 e. The second kappa shape index (κ2) is 6.93. The summed E-state index contributed by atoms with van der Waals surface area (Å²) in [6.45, 7) is 0. The zero-order chi connectivity index (χ0) is 17.1. The molecule has 0 aromatic heterocycles. The molecule has 0 saturated heterocycles. The summed E-state index contributed by atoms with van der Waals surface area (Å²) in [4.78, 5) is 22.9. The number of carbonyl (C=O) groups is 2. The molecule has 0 spiro atoms. The number of ether oxygens (including phenoxy) is 2. The van der Waals surface area contributed by atoms with E-state index in [0.29, 0.717) is 12.8 Å². The first-order chi connectivity index (χ1) is 10.8. The first-order valence-corrected chi connectivity index (χ1v) is 6.77. The van der Waals surface area contributed by atoms with Crippen molar-refractivity contribution >= 4 is 11.9 Å². The third kappa shape index (κ3) is 3.59. The quantitative estimate of drug-likeness (QED) is 0.208. The summed E-state index contributed by atoms with van der Waals surface area (Å²) in [6.07, 6.45) is 3.00. The van der Waals surface area contributed by atoms with Crippen molar-refractivity contribution in [3.63, 3.8) is 0 Å². The van der Waals surface area contributed by atoms with Crippen molar-refractivity contribution < 1.29 is 41.0 Å². The maximum Gasteiger partial charge on any atom is 0.423 e. The zero-order valence-corrected chi connectivity index (χ0v) is 11.6. The number of benzene rings is 1. The van der Waals surface area contributed by atoms with Crippen molar-refractivity contribution in [3.05, 3.63) is 29.1 Å². The molecule has 0 bridgehead atoms. The number of hydrogen-bond donors (Lipinski definition) is 0. The van der Waals surface area contributed by atoms with Gasteiger partial charge in [-0.3, -0.25) is 0 Å². The van der Waals surface area contributed by atoms with Gasteiger partial charge in [0.1, 0.15) is 6.10 Å². The Hall–Kier alpha value is -2.19. The highest BCUT2D eigenvalue weighted by atomic mass is 19.2. The second-order valence-corrected chi connectivity index (χ2v) is 4.95. The number of esters is 2. The maximum atomic E-state index is 13.3. The highest BCUT2D eigenvalue weighted by molar-refractivity contribution is 6.30. The average Bonchev–Trinajstić information content (AvgIpc) is 2.55. The van der Waals surface area contributed by atoms with Gasteiger partial charge in [-0.05, 0) is 25.7 Å². The summed E-state index contributed by atoms with van der Waals surface area (Å²) >= 11 is 0. The van der Waals surface area contributed by atoms with Gasteiger partial charge < -0.3 is 9.47 Å². The predicted octanol–water partition coefficient (Wildman–Crippen LogP) is 3.16. The lowest BCUT2D eigenvalue weighted by Crippen LogP contribution is -2.29. The fourth-order valence-corrected chi connectivity index (χ4v) is 2.19. The Kier molecular flexibility index (Phi) is 5.17. The third-order valence-electron chi connectivity index (χ3n) is 3.36. The van der Waals surface area contributed by atoms with E-state index in [0.717, 1.165) is 19.3 Å². The molecule has 0 heterocycles. The Bertz CT molecular complexity index is 612. The van der Waals surface area contributed by atoms with Crippen molar-refractivity contribution in [1.29, 1.82) is 0 Å². The molecule has 23 heavy (non-hydrogen) atoms. The minimum atomic E-state index is -2.40. The fourth-order valence-electron chi connectivity index (χ4n) is 2.19. The maximum absolute atomic E-state index is 13.3. The first-order valence-electron chi connectivity index (χ1n) is 6.77. The highest BCUT2D eigenvalue weighted by Gasteiger charge is 2.31. The van der Waals surface area contributed by atoms with Crippen LogP contribution in [0.3, 0.4) is 0 Å². The van der Waals surface area contributed by atoms with Crippen molar-refractivity contribution in [1.82, 2.24) is 0 Å². The minimum absolute atomic E-state index is 0.515. The Morgan fingerprint density at radius 3 is 1.74 bits per heavy atom. The molecular weight excluding hydrogens is 327 g/mol. The zero-order valence-electron chi connectivity index (χ0n) is 11.6. The molecule has 1 aromatic rings. The number of hydrogen-bond acceptors (Lipinski definition) is 4. The van der Waals surface area contributed by atoms with Crippen LogP contribution in [0.1, 0.15) is 32.1 Å². The number of rotatable bonds is 2. The first kappa shape index (κ1) is 17.2. The topological polar surface area (TPSA) is 52.6 Å². The van der Waals surface area contributed by atoms with Crippen LogP contribution in [0.25, 0.3) is 0 Å². The van der Waals surface area contributed by atoms with Crippen LogP contribution in [0, 0.1) is 29.1 Å². The Labute approximate surface area is 127 Å². The molecule has 0 unspecified atom stereocenters. The number of halogens is 5. The fraction of sp³-hybridized carbons (Fsp3) is 0.429. The Morgan fingerprint density at radius 2 is 1.22 bits per heavy atom. The molecule has 1 saturated carbocycles. The molecule has 0 radical (unpaired) electrons. The molecule has 1 aliphatic carbocycles. The molecule has 0 aliphatic heterocycles. The summed E-state index contributed by atoms with van der Waals surface area (Å²) in [5.74, 6) is -16.9. The van der Waals surface area contributed by atoms with E-state index >= 15 is 0 Å². The SMILES string of the molecule is O=C(Oc1c(F)c(F)c(F)c(F)c1F)C(=O)OC1CCCCC1. The molecule has 126 valence electrons. The van der Waals surface area contributed by atoms with Crippen LogP contribution in [-0.4, -0.2) is 18.0 Å². The van der Waals surface area contributed by atoms with E-state index in [1.807, 2.05) is 0 Å². The van der Waals surface area contributed by atoms with E-state index in [-0.39, 0.29) is 0 Å². The van der Waals surface area contributed by atoms with Gasteiger partial charge in [-0.2, -0.15) is 8.78 Å². The van der Waals surface area contributed by atoms with Crippen LogP contribution < -0.4 is 4.74 Å². The van der Waals surface area contributed by atoms with Gasteiger partial charge in [-0.25, -0.2) is 22.8 Å². The second-order valence-electron chi connectivity index (χ2n) is 4.95. The van der Waals surface area contributed by atoms with Crippen molar-refractivity contribution in [2.24, 2.45) is 0 Å². The van der Waals surface area contributed by atoms with E-state index in [9.17, 15) is 31.5 Å². The molecule has 0 atom stereocenters. The Morgan fingerprint density at radius 1 is 0.739 bits per heavy atom. The van der Waals surface area contributed by atoms with Crippen LogP contribution in [0.5, 0.6) is 5.75 Å². The molecule has 2 rings (SSSR count). The van der Waals surface area contributed by atoms with Gasteiger partial charge in [0.15, 0.2) is 0 Å². The molecule has 1 fully saturated rings. The van der Waals surface area contributed by atoms with Crippen molar-refractivity contribution in [3.8, 4) is 5.75 Å². The lowest BCUT2D eigenvalue weighted by atomic mass is 9.98. The van der Waals surface area contributed by atoms with Crippen LogP contribution in [0.2, 0.25) is 0 Å². The third-order valence-corrected chi connectivity index (χ3v) is 3.36. The van der Waals surface area contributed by atoms with Gasteiger partial charge in [-0.15, -0.1) is 0 Å². The molecule has 1 aliphatic rings. The predicted molar refractivity (Wildman–Crippen MR) is 64.8 cm³/mol. The van der Waals surface area contributed by atoms with Gasteiger partial charge in [0.2, 0.25) is 34.8 Å². The van der Waals surface area contributed by atoms with Crippen LogP contribution in [0.4, 0.5) is 22.0 Å². The molecular formula is C14H11F5O4. The van der Waals surface area contributed by atoms with E-state index in [1.54, 1.807) is 0 Å². The van der Waals surface area contributed by atoms with E-state index in [1.165, 1.54) is 0 Å². The van der Waals surface area contributed by atoms with Gasteiger partial charge in [0, 0.05) is 0 Å². The molecule has 0 N–H and O–H groups in total. The van der Waals surface area contributed by atoms with E-state index < -0.39 is 52.9 Å². The summed E-state index contributed by atoms with van der Waals surface area (Å²) in [6, 6.07) is 0. The Balaban J connectivity index is 2.12. The molecule has 0 amide bonds. The van der Waals surface area contributed by atoms with E-state index in [4.69, 9.17) is 4.74 Å². The van der Waals surface area contributed by atoms with Gasteiger partial charge >= 0.3 is 11.9 Å². The monoisotopic (exact) mass is 338 g/mol. The van der Waals surface area contributed by atoms with E-state index in [2.05, 4.69) is 4.74 Å². The van der Waals surface area contributed by atoms with Crippen LogP contribution >= 0.6 is 0 Å². The van der Waals surface area contributed by atoms with Gasteiger partial charge in [0.25, 0.3) is 0 Å². The normalized spacial score (nSPS) is 15.3. The summed E-state index contributed by atoms with van der Waals surface area (Å²) in [5.41, 5.74) is 0. The molecule has 1 aromatic carbocycles. The van der Waals surface area contributed by atoms with Gasteiger partial charge in [-0.1, -0.05) is 6.42 Å². The summed E-state index contributed by atoms with van der Waals surface area (Å²) in [7, 11) is 0. The van der Waals surface area contributed by atoms with Gasteiger partial charge in [0.05, 0.1) is 0 Å².